The molecule has 0 aliphatic heterocycles. The van der Waals surface area contributed by atoms with E-state index in [9.17, 15) is 5.11 Å². The van der Waals surface area contributed by atoms with Crippen molar-refractivity contribution in [3.8, 4) is 29.1 Å². The minimum absolute atomic E-state index is 0.0541. The number of methoxy groups -OCH3 is 2. The summed E-state index contributed by atoms with van der Waals surface area (Å²) in [7, 11) is 3.24. The topological polar surface area (TPSA) is 71.7 Å². The summed E-state index contributed by atoms with van der Waals surface area (Å²) >= 11 is 6.70. The molecule has 2 aromatic rings. The highest BCUT2D eigenvalue weighted by molar-refractivity contribution is 9.10. The molecule has 0 aliphatic carbocycles. The Kier molecular flexibility index (Phi) is 10.3. The Morgan fingerprint density at radius 3 is 1.79 bits per heavy atom. The number of aromatic hydroxyl groups is 1. The summed E-state index contributed by atoms with van der Waals surface area (Å²) in [6, 6.07) is 9.24. The van der Waals surface area contributed by atoms with Gasteiger partial charge in [0.25, 0.3) is 0 Å². The predicted octanol–water partition coefficient (Wildman–Crippen LogP) is 6.77. The fourth-order valence-electron chi connectivity index (χ4n) is 2.57. The second-order valence-electron chi connectivity index (χ2n) is 6.83. The van der Waals surface area contributed by atoms with E-state index in [-0.39, 0.29) is 6.61 Å². The van der Waals surface area contributed by atoms with Crippen LogP contribution in [-0.4, -0.2) is 25.9 Å². The number of phenols is 1. The molecule has 0 unspecified atom stereocenters. The van der Waals surface area contributed by atoms with E-state index in [2.05, 4.69) is 45.7 Å². The van der Waals surface area contributed by atoms with Crippen LogP contribution >= 0.6 is 31.9 Å². The summed E-state index contributed by atoms with van der Waals surface area (Å²) in [5.41, 5.74) is 1.94. The average molecular weight is 529 g/mol. The van der Waals surface area contributed by atoms with Gasteiger partial charge in [-0.1, -0.05) is 27.7 Å². The van der Waals surface area contributed by atoms with Gasteiger partial charge in [0, 0.05) is 11.1 Å². The standard InChI is InChI=1S/C12H14BrNO2.C10H13BrO2/c1-8(2)9-6-12(15-3)10(13)7-11(9)16-5-4-14;1-6(2)7-4-10(13-3)8(11)5-9(7)12/h6-8H,5H2,1-3H3;4-6,12H,1-3H3. The van der Waals surface area contributed by atoms with Gasteiger partial charge in [-0.2, -0.15) is 5.26 Å². The average Bonchev–Trinajstić information content (AvgIpc) is 2.66. The highest BCUT2D eigenvalue weighted by Crippen LogP contribution is 2.37. The first-order chi connectivity index (χ1) is 13.7. The Balaban J connectivity index is 0.000000296. The highest BCUT2D eigenvalue weighted by Gasteiger charge is 2.13. The van der Waals surface area contributed by atoms with Crippen molar-refractivity contribution in [2.45, 2.75) is 39.5 Å². The number of benzene rings is 2. The molecule has 158 valence electrons. The molecule has 29 heavy (non-hydrogen) atoms. The summed E-state index contributed by atoms with van der Waals surface area (Å²) in [5, 5.41) is 18.1. The molecule has 0 saturated heterocycles. The second kappa shape index (κ2) is 11.9. The van der Waals surface area contributed by atoms with Crippen LogP contribution in [0.1, 0.15) is 50.7 Å². The number of nitriles is 1. The molecule has 0 amide bonds. The molecule has 0 atom stereocenters. The Morgan fingerprint density at radius 1 is 0.862 bits per heavy atom. The Labute approximate surface area is 189 Å². The van der Waals surface area contributed by atoms with E-state index in [1.807, 2.05) is 38.1 Å². The maximum atomic E-state index is 9.60. The molecule has 0 aliphatic rings. The van der Waals surface area contributed by atoms with Crippen LogP contribution in [0.5, 0.6) is 23.0 Å². The highest BCUT2D eigenvalue weighted by atomic mass is 79.9. The molecule has 0 saturated carbocycles. The molecule has 0 spiro atoms. The molecule has 0 bridgehead atoms. The lowest BCUT2D eigenvalue weighted by molar-refractivity contribution is 0.359. The lowest BCUT2D eigenvalue weighted by Crippen LogP contribution is -2.00. The van der Waals surface area contributed by atoms with E-state index in [1.54, 1.807) is 20.3 Å². The first kappa shape index (κ1) is 25.1. The van der Waals surface area contributed by atoms with E-state index >= 15 is 0 Å². The normalized spacial score (nSPS) is 10.2. The molecule has 0 fully saturated rings. The lowest BCUT2D eigenvalue weighted by atomic mass is 10.0. The maximum absolute atomic E-state index is 9.60. The van der Waals surface area contributed by atoms with Crippen LogP contribution in [0.25, 0.3) is 0 Å². The van der Waals surface area contributed by atoms with Crippen molar-refractivity contribution in [2.24, 2.45) is 0 Å². The van der Waals surface area contributed by atoms with Gasteiger partial charge in [0.05, 0.1) is 23.2 Å². The second-order valence-corrected chi connectivity index (χ2v) is 8.54. The quantitative estimate of drug-likeness (QED) is 0.447. The van der Waals surface area contributed by atoms with Crippen molar-refractivity contribution in [3.05, 3.63) is 44.3 Å². The van der Waals surface area contributed by atoms with Crippen LogP contribution in [0.15, 0.2) is 33.2 Å². The van der Waals surface area contributed by atoms with Crippen LogP contribution in [0.2, 0.25) is 0 Å². The lowest BCUT2D eigenvalue weighted by Gasteiger charge is -2.15. The van der Waals surface area contributed by atoms with Gasteiger partial charge >= 0.3 is 0 Å². The number of hydrogen-bond donors (Lipinski definition) is 1. The third kappa shape index (κ3) is 7.13. The summed E-state index contributed by atoms with van der Waals surface area (Å²) in [4.78, 5) is 0. The minimum Gasteiger partial charge on any atom is -0.508 e. The largest absolute Gasteiger partial charge is 0.508 e. The van der Waals surface area contributed by atoms with Crippen molar-refractivity contribution in [3.63, 3.8) is 0 Å². The Morgan fingerprint density at radius 2 is 1.34 bits per heavy atom. The predicted molar refractivity (Wildman–Crippen MR) is 122 cm³/mol. The van der Waals surface area contributed by atoms with E-state index in [0.29, 0.717) is 17.6 Å². The van der Waals surface area contributed by atoms with Crippen molar-refractivity contribution >= 4 is 31.9 Å². The summed E-state index contributed by atoms with van der Waals surface area (Å²) in [6.07, 6.45) is 0. The zero-order valence-electron chi connectivity index (χ0n) is 17.5. The van der Waals surface area contributed by atoms with Gasteiger partial charge in [0.2, 0.25) is 0 Å². The zero-order valence-corrected chi connectivity index (χ0v) is 20.7. The molecule has 0 aromatic heterocycles. The fraction of sp³-hybridized carbons (Fsp3) is 0.409. The number of halogens is 2. The van der Waals surface area contributed by atoms with Crippen LogP contribution < -0.4 is 14.2 Å². The molecule has 1 N–H and O–H groups in total. The Bertz CT molecular complexity index is 861. The van der Waals surface area contributed by atoms with Gasteiger partial charge in [0.15, 0.2) is 6.61 Å². The first-order valence-electron chi connectivity index (χ1n) is 9.09. The SMILES string of the molecule is COc1cc(C(C)C)c(O)cc1Br.COc1cc(C(C)C)c(OCC#N)cc1Br. The molecule has 0 heterocycles. The maximum Gasteiger partial charge on any atom is 0.174 e. The molecular weight excluding hydrogens is 502 g/mol. The molecule has 7 heteroatoms. The van der Waals surface area contributed by atoms with Crippen LogP contribution in [-0.2, 0) is 0 Å². The monoisotopic (exact) mass is 527 g/mol. The summed E-state index contributed by atoms with van der Waals surface area (Å²) in [5.74, 6) is 3.17. The summed E-state index contributed by atoms with van der Waals surface area (Å²) in [6.45, 7) is 8.26. The van der Waals surface area contributed by atoms with Crippen molar-refractivity contribution < 1.29 is 19.3 Å². The number of phenolic OH excluding ortho intramolecular Hbond substituents is 1. The van der Waals surface area contributed by atoms with E-state index < -0.39 is 0 Å². The van der Waals surface area contributed by atoms with E-state index in [1.165, 1.54) is 0 Å². The van der Waals surface area contributed by atoms with Gasteiger partial charge in [-0.25, -0.2) is 0 Å². The smallest absolute Gasteiger partial charge is 0.174 e. The van der Waals surface area contributed by atoms with Crippen molar-refractivity contribution in [1.29, 1.82) is 5.26 Å². The van der Waals surface area contributed by atoms with Gasteiger partial charge in [-0.15, -0.1) is 0 Å². The molecule has 2 aromatic carbocycles. The Hall–Kier alpha value is -1.91. The van der Waals surface area contributed by atoms with E-state index in [0.717, 1.165) is 37.3 Å². The summed E-state index contributed by atoms with van der Waals surface area (Å²) < 4.78 is 17.3. The number of hydrogen-bond acceptors (Lipinski definition) is 5. The third-order valence-electron chi connectivity index (χ3n) is 4.12. The van der Waals surface area contributed by atoms with Crippen LogP contribution in [0, 0.1) is 11.3 Å². The van der Waals surface area contributed by atoms with Gasteiger partial charge < -0.3 is 19.3 Å². The van der Waals surface area contributed by atoms with Crippen LogP contribution in [0.3, 0.4) is 0 Å². The zero-order chi connectivity index (χ0) is 22.1. The first-order valence-corrected chi connectivity index (χ1v) is 10.7. The van der Waals surface area contributed by atoms with Crippen molar-refractivity contribution in [1.82, 2.24) is 0 Å². The van der Waals surface area contributed by atoms with Gasteiger partial charge in [-0.3, -0.25) is 0 Å². The number of rotatable bonds is 6. The third-order valence-corrected chi connectivity index (χ3v) is 5.36. The minimum atomic E-state index is 0.0541. The molecular formula is C22H27Br2NO4. The molecule has 2 rings (SSSR count). The fourth-order valence-corrected chi connectivity index (χ4v) is 3.55. The molecule has 5 nitrogen and oxygen atoms in total. The van der Waals surface area contributed by atoms with Crippen LogP contribution in [0.4, 0.5) is 0 Å². The van der Waals surface area contributed by atoms with Gasteiger partial charge in [-0.05, 0) is 68.0 Å². The number of nitrogens with zero attached hydrogens (tertiary/aromatic N) is 1. The van der Waals surface area contributed by atoms with Gasteiger partial charge in [0.1, 0.15) is 29.1 Å². The van der Waals surface area contributed by atoms with E-state index in [4.69, 9.17) is 19.5 Å². The van der Waals surface area contributed by atoms with Crippen molar-refractivity contribution in [2.75, 3.05) is 20.8 Å². The molecule has 0 radical (unpaired) electrons. The number of ether oxygens (including phenoxy) is 3.